The number of hydrogen-bond donors (Lipinski definition) is 0. The molecule has 1 aliphatic carbocycles. The van der Waals surface area contributed by atoms with E-state index >= 15 is 0 Å². The Bertz CT molecular complexity index is 471. The van der Waals surface area contributed by atoms with Gasteiger partial charge in [-0.3, -0.25) is 14.4 Å². The molecule has 0 spiro atoms. The van der Waals surface area contributed by atoms with Crippen molar-refractivity contribution in [3.63, 3.8) is 0 Å². The first-order valence-electron chi connectivity index (χ1n) is 6.34. The molecule has 1 aromatic rings. The molecule has 0 N–H and O–H groups in total. The van der Waals surface area contributed by atoms with Crippen molar-refractivity contribution in [3.8, 4) is 0 Å². The van der Waals surface area contributed by atoms with Gasteiger partial charge in [-0.1, -0.05) is 31.4 Å². The maximum atomic E-state index is 11.2. The summed E-state index contributed by atoms with van der Waals surface area (Å²) in [6.45, 7) is 0. The fourth-order valence-electron chi connectivity index (χ4n) is 2.81. The monoisotopic (exact) mass is 244 g/mol. The van der Waals surface area contributed by atoms with Crippen molar-refractivity contribution in [3.05, 3.63) is 34.4 Å². The summed E-state index contributed by atoms with van der Waals surface area (Å²) in [5.74, 6) is 0.346. The zero-order chi connectivity index (χ0) is 13.0. The smallest absolute Gasteiger partial charge is 0.151 e. The van der Waals surface area contributed by atoms with E-state index in [1.54, 1.807) is 6.07 Å². The second-order valence-electron chi connectivity index (χ2n) is 4.76. The minimum absolute atomic E-state index is 0.239. The highest BCUT2D eigenvalue weighted by atomic mass is 16.1. The Labute approximate surface area is 106 Å². The van der Waals surface area contributed by atoms with Crippen LogP contribution in [0.4, 0.5) is 0 Å². The molecule has 1 fully saturated rings. The quantitative estimate of drug-likeness (QED) is 0.764. The summed E-state index contributed by atoms with van der Waals surface area (Å²) in [7, 11) is 0. The van der Waals surface area contributed by atoms with Gasteiger partial charge in [-0.15, -0.1) is 0 Å². The van der Waals surface area contributed by atoms with Gasteiger partial charge in [0.2, 0.25) is 0 Å². The van der Waals surface area contributed by atoms with Gasteiger partial charge in [0.05, 0.1) is 0 Å². The van der Waals surface area contributed by atoms with Crippen LogP contribution >= 0.6 is 0 Å². The number of rotatable bonds is 4. The number of carbonyl (C=O) groups excluding carboxylic acids is 3. The molecule has 1 aliphatic rings. The normalized spacial score (nSPS) is 16.2. The van der Waals surface area contributed by atoms with Crippen LogP contribution in [0.2, 0.25) is 0 Å². The van der Waals surface area contributed by atoms with Crippen molar-refractivity contribution < 1.29 is 14.4 Å². The number of hydrogen-bond acceptors (Lipinski definition) is 3. The van der Waals surface area contributed by atoms with Gasteiger partial charge in [-0.05, 0) is 24.3 Å². The van der Waals surface area contributed by atoms with Crippen molar-refractivity contribution >= 4 is 18.9 Å². The van der Waals surface area contributed by atoms with Crippen LogP contribution in [0, 0.1) is 0 Å². The molecule has 0 radical (unpaired) electrons. The summed E-state index contributed by atoms with van der Waals surface area (Å²) < 4.78 is 0. The molecule has 2 rings (SSSR count). The van der Waals surface area contributed by atoms with Crippen molar-refractivity contribution in [2.75, 3.05) is 0 Å². The molecule has 0 aliphatic heterocycles. The van der Waals surface area contributed by atoms with Crippen LogP contribution in [0.3, 0.4) is 0 Å². The van der Waals surface area contributed by atoms with Crippen LogP contribution in [0.1, 0.15) is 74.7 Å². The van der Waals surface area contributed by atoms with Gasteiger partial charge in [0.25, 0.3) is 0 Å². The van der Waals surface area contributed by atoms with Gasteiger partial charge in [0, 0.05) is 16.7 Å². The van der Waals surface area contributed by atoms with E-state index in [4.69, 9.17) is 0 Å². The minimum atomic E-state index is 0.239. The molecule has 94 valence electrons. The standard InChI is InChI=1S/C15H16O3/c16-8-12-6-7-13(11-4-2-1-3-5-11)15(10-18)14(12)9-17/h6-11H,1-5H2. The molecule has 0 heterocycles. The Balaban J connectivity index is 2.49. The van der Waals surface area contributed by atoms with Crippen LogP contribution in [0.15, 0.2) is 12.1 Å². The second kappa shape index (κ2) is 5.71. The number of aldehydes is 3. The molecular formula is C15H16O3. The lowest BCUT2D eigenvalue weighted by molar-refractivity contribution is 0.108. The van der Waals surface area contributed by atoms with E-state index in [0.29, 0.717) is 35.9 Å². The molecule has 1 aromatic carbocycles. The minimum Gasteiger partial charge on any atom is -0.298 e. The molecule has 0 aromatic heterocycles. The first-order valence-corrected chi connectivity index (χ1v) is 6.34. The van der Waals surface area contributed by atoms with E-state index in [-0.39, 0.29) is 5.56 Å². The topological polar surface area (TPSA) is 51.2 Å². The fourth-order valence-corrected chi connectivity index (χ4v) is 2.81. The van der Waals surface area contributed by atoms with Crippen molar-refractivity contribution in [2.45, 2.75) is 38.0 Å². The van der Waals surface area contributed by atoms with Crippen LogP contribution in [-0.2, 0) is 0 Å². The molecule has 3 nitrogen and oxygen atoms in total. The largest absolute Gasteiger partial charge is 0.298 e. The van der Waals surface area contributed by atoms with Crippen LogP contribution < -0.4 is 0 Å². The number of benzene rings is 1. The Hall–Kier alpha value is -1.77. The molecule has 0 amide bonds. The predicted molar refractivity (Wildman–Crippen MR) is 68.4 cm³/mol. The van der Waals surface area contributed by atoms with Gasteiger partial charge >= 0.3 is 0 Å². The summed E-state index contributed by atoms with van der Waals surface area (Å²) in [5.41, 5.74) is 1.87. The Morgan fingerprint density at radius 1 is 0.833 bits per heavy atom. The second-order valence-corrected chi connectivity index (χ2v) is 4.76. The van der Waals surface area contributed by atoms with Crippen LogP contribution in [0.25, 0.3) is 0 Å². The van der Waals surface area contributed by atoms with E-state index in [1.807, 2.05) is 6.07 Å². The van der Waals surface area contributed by atoms with Crippen molar-refractivity contribution in [1.82, 2.24) is 0 Å². The number of carbonyl (C=O) groups is 3. The zero-order valence-electron chi connectivity index (χ0n) is 10.2. The molecule has 1 saturated carbocycles. The fraction of sp³-hybridized carbons (Fsp3) is 0.400. The summed E-state index contributed by atoms with van der Waals surface area (Å²) in [6, 6.07) is 3.48. The lowest BCUT2D eigenvalue weighted by Gasteiger charge is -2.24. The lowest BCUT2D eigenvalue weighted by atomic mass is 9.80. The van der Waals surface area contributed by atoms with E-state index in [0.717, 1.165) is 31.2 Å². The van der Waals surface area contributed by atoms with Crippen molar-refractivity contribution in [1.29, 1.82) is 0 Å². The molecule has 18 heavy (non-hydrogen) atoms. The third-order valence-corrected chi connectivity index (χ3v) is 3.76. The lowest BCUT2D eigenvalue weighted by Crippen LogP contribution is -2.10. The Kier molecular flexibility index (Phi) is 4.03. The molecule has 0 atom stereocenters. The van der Waals surface area contributed by atoms with E-state index in [1.165, 1.54) is 6.42 Å². The van der Waals surface area contributed by atoms with Gasteiger partial charge in [-0.25, -0.2) is 0 Å². The van der Waals surface area contributed by atoms with Crippen molar-refractivity contribution in [2.24, 2.45) is 0 Å². The molecule has 0 saturated heterocycles. The molecule has 3 heteroatoms. The summed E-state index contributed by atoms with van der Waals surface area (Å²) in [5, 5.41) is 0. The van der Waals surface area contributed by atoms with Gasteiger partial charge < -0.3 is 0 Å². The molecular weight excluding hydrogens is 228 g/mol. The van der Waals surface area contributed by atoms with Gasteiger partial charge in [0.15, 0.2) is 18.9 Å². The van der Waals surface area contributed by atoms with E-state index in [9.17, 15) is 14.4 Å². The van der Waals surface area contributed by atoms with E-state index in [2.05, 4.69) is 0 Å². The predicted octanol–water partition coefficient (Wildman–Crippen LogP) is 3.17. The summed E-state index contributed by atoms with van der Waals surface area (Å²) in [6.07, 6.45) is 7.62. The summed E-state index contributed by atoms with van der Waals surface area (Å²) in [4.78, 5) is 33.2. The van der Waals surface area contributed by atoms with E-state index < -0.39 is 0 Å². The van der Waals surface area contributed by atoms with Gasteiger partial charge in [0.1, 0.15) is 0 Å². The highest BCUT2D eigenvalue weighted by Crippen LogP contribution is 2.35. The van der Waals surface area contributed by atoms with Gasteiger partial charge in [-0.2, -0.15) is 0 Å². The third-order valence-electron chi connectivity index (χ3n) is 3.76. The Morgan fingerprint density at radius 3 is 2.06 bits per heavy atom. The highest BCUT2D eigenvalue weighted by Gasteiger charge is 2.21. The maximum absolute atomic E-state index is 11.2. The summed E-state index contributed by atoms with van der Waals surface area (Å²) >= 11 is 0. The first kappa shape index (κ1) is 12.7. The molecule has 0 unspecified atom stereocenters. The van der Waals surface area contributed by atoms with Crippen LogP contribution in [-0.4, -0.2) is 18.9 Å². The maximum Gasteiger partial charge on any atom is 0.151 e. The first-order chi connectivity index (χ1) is 8.81. The Morgan fingerprint density at radius 2 is 1.50 bits per heavy atom. The SMILES string of the molecule is O=Cc1ccc(C2CCCCC2)c(C=O)c1C=O. The average molecular weight is 244 g/mol. The zero-order valence-corrected chi connectivity index (χ0v) is 10.2. The third kappa shape index (κ3) is 2.26. The highest BCUT2D eigenvalue weighted by molar-refractivity contribution is 5.99. The average Bonchev–Trinajstić information content (AvgIpc) is 2.46. The molecule has 0 bridgehead atoms. The van der Waals surface area contributed by atoms with Crippen LogP contribution in [0.5, 0.6) is 0 Å².